The summed E-state index contributed by atoms with van der Waals surface area (Å²) in [4.78, 5) is 27.1. The first kappa shape index (κ1) is 19.7. The Balaban J connectivity index is 1.89. The van der Waals surface area contributed by atoms with Gasteiger partial charge in [-0.05, 0) is 43.9 Å². The summed E-state index contributed by atoms with van der Waals surface area (Å²) in [5.41, 5.74) is 6.19. The number of ether oxygens (including phenoxy) is 1. The first-order valence-electron chi connectivity index (χ1n) is 9.64. The van der Waals surface area contributed by atoms with Gasteiger partial charge in [0.05, 0.1) is 23.7 Å². The lowest BCUT2D eigenvalue weighted by Gasteiger charge is -2.24. The van der Waals surface area contributed by atoms with Gasteiger partial charge in [-0.15, -0.1) is 0 Å². The average Bonchev–Trinajstić information content (AvgIpc) is 3.43. The summed E-state index contributed by atoms with van der Waals surface area (Å²) in [6.45, 7) is 2.23. The van der Waals surface area contributed by atoms with Crippen molar-refractivity contribution in [3.8, 4) is 5.75 Å². The Morgan fingerprint density at radius 1 is 1.31 bits per heavy atom. The van der Waals surface area contributed by atoms with Crippen LogP contribution in [0.1, 0.15) is 35.7 Å². The predicted molar refractivity (Wildman–Crippen MR) is 106 cm³/mol. The highest BCUT2D eigenvalue weighted by Crippen LogP contribution is 2.43. The third kappa shape index (κ3) is 3.57. The summed E-state index contributed by atoms with van der Waals surface area (Å²) >= 11 is 0. The van der Waals surface area contributed by atoms with E-state index in [1.54, 1.807) is 16.7 Å². The van der Waals surface area contributed by atoms with E-state index in [0.717, 1.165) is 38.0 Å². The minimum Gasteiger partial charge on any atom is -0.492 e. The molecule has 0 bridgehead atoms. The number of fused-ring (bicyclic) bond motifs is 1. The molecule has 0 amide bonds. The number of aromatic nitrogens is 1. The van der Waals surface area contributed by atoms with Gasteiger partial charge in [0, 0.05) is 25.3 Å². The lowest BCUT2D eigenvalue weighted by Crippen LogP contribution is -2.25. The van der Waals surface area contributed by atoms with Gasteiger partial charge in [0.1, 0.15) is 5.56 Å². The van der Waals surface area contributed by atoms with Crippen molar-refractivity contribution >= 4 is 30.0 Å². The van der Waals surface area contributed by atoms with Crippen molar-refractivity contribution in [3.05, 3.63) is 34.1 Å². The summed E-state index contributed by atoms with van der Waals surface area (Å²) in [6.07, 6.45) is 4.04. The smallest absolute Gasteiger partial charge is 0.492 e. The van der Waals surface area contributed by atoms with E-state index in [1.807, 2.05) is 0 Å². The second-order valence-electron chi connectivity index (χ2n) is 7.53. The Kier molecular flexibility index (Phi) is 5.20. The molecule has 154 valence electrons. The van der Waals surface area contributed by atoms with E-state index in [0.29, 0.717) is 23.7 Å². The third-order valence-corrected chi connectivity index (χ3v) is 5.65. The molecule has 1 aliphatic heterocycles. The molecule has 0 radical (unpaired) electrons. The lowest BCUT2D eigenvalue weighted by atomic mass is 10.1. The quantitative estimate of drug-likeness (QED) is 0.742. The number of carbonyl (C=O) groups is 1. The second kappa shape index (κ2) is 7.66. The fourth-order valence-electron chi connectivity index (χ4n) is 4.03. The molecule has 7 nitrogen and oxygen atoms in total. The zero-order valence-electron chi connectivity index (χ0n) is 16.1. The molecule has 29 heavy (non-hydrogen) atoms. The van der Waals surface area contributed by atoms with Crippen LogP contribution < -0.4 is 20.8 Å². The van der Waals surface area contributed by atoms with Crippen LogP contribution in [0.2, 0.25) is 0 Å². The van der Waals surface area contributed by atoms with Gasteiger partial charge in [-0.3, -0.25) is 4.79 Å². The van der Waals surface area contributed by atoms with Gasteiger partial charge < -0.3 is 24.6 Å². The molecular formula is C19H22BF2N3O4. The van der Waals surface area contributed by atoms with Crippen LogP contribution in [-0.4, -0.2) is 44.8 Å². The van der Waals surface area contributed by atoms with E-state index in [4.69, 9.17) is 10.5 Å². The fraction of sp³-hybridized carbons (Fsp3) is 0.474. The van der Waals surface area contributed by atoms with E-state index in [1.165, 1.54) is 13.3 Å². The summed E-state index contributed by atoms with van der Waals surface area (Å²) in [5.74, 6) is -0.389. The molecule has 4 rings (SSSR count). The number of hydrogen-bond donors (Lipinski definition) is 1. The zero-order chi connectivity index (χ0) is 20.7. The Bertz CT molecular complexity index is 1010. The normalized spacial score (nSPS) is 18.9. The summed E-state index contributed by atoms with van der Waals surface area (Å²) in [6, 6.07) is 3.49. The number of anilines is 1. The van der Waals surface area contributed by atoms with Gasteiger partial charge in [0.25, 0.3) is 0 Å². The Morgan fingerprint density at radius 2 is 2.07 bits per heavy atom. The molecule has 1 aromatic heterocycles. The van der Waals surface area contributed by atoms with Gasteiger partial charge >= 0.3 is 13.4 Å². The summed E-state index contributed by atoms with van der Waals surface area (Å²) < 4.78 is 36.5. The predicted octanol–water partition coefficient (Wildman–Crippen LogP) is 2.21. The van der Waals surface area contributed by atoms with E-state index >= 15 is 0 Å². The molecule has 2 aliphatic rings. The van der Waals surface area contributed by atoms with Crippen LogP contribution in [0.5, 0.6) is 5.75 Å². The van der Waals surface area contributed by atoms with Crippen LogP contribution in [0.3, 0.4) is 0 Å². The van der Waals surface area contributed by atoms with Crippen molar-refractivity contribution < 1.29 is 22.8 Å². The standard InChI is InChI=1S/C19H22BF2N3O4/c1-28-18-15(24-7-6-11(8-23)9-24)5-4-13-16(18)25(12-2-3-12)10-14(17(13)26)19(27)29-20(21)22/h4-5,10-12H,2-3,6-9,23H2,1H3. The van der Waals surface area contributed by atoms with E-state index in [2.05, 4.69) is 9.55 Å². The highest BCUT2D eigenvalue weighted by atomic mass is 19.2. The largest absolute Gasteiger partial charge is 0.798 e. The van der Waals surface area contributed by atoms with Gasteiger partial charge in [0.2, 0.25) is 5.43 Å². The molecule has 1 saturated carbocycles. The molecule has 2 fully saturated rings. The molecule has 10 heteroatoms. The van der Waals surface area contributed by atoms with Crippen molar-refractivity contribution in [1.29, 1.82) is 0 Å². The average molecular weight is 405 g/mol. The minimum absolute atomic E-state index is 0.0794. The number of pyridine rings is 1. The maximum atomic E-state index is 12.9. The van der Waals surface area contributed by atoms with E-state index in [9.17, 15) is 18.2 Å². The molecule has 1 unspecified atom stereocenters. The topological polar surface area (TPSA) is 86.8 Å². The molecule has 1 aromatic carbocycles. The van der Waals surface area contributed by atoms with E-state index < -0.39 is 24.4 Å². The number of carbonyl (C=O) groups excluding carboxylic acids is 1. The summed E-state index contributed by atoms with van der Waals surface area (Å²) in [7, 11) is -1.75. The van der Waals surface area contributed by atoms with Crippen LogP contribution >= 0.6 is 0 Å². The second-order valence-corrected chi connectivity index (χ2v) is 7.53. The van der Waals surface area contributed by atoms with Crippen molar-refractivity contribution in [2.75, 3.05) is 31.6 Å². The number of hydrogen-bond acceptors (Lipinski definition) is 6. The van der Waals surface area contributed by atoms with Gasteiger partial charge in [-0.2, -0.15) is 0 Å². The molecular weight excluding hydrogens is 383 g/mol. The van der Waals surface area contributed by atoms with Crippen LogP contribution in [0.4, 0.5) is 14.3 Å². The maximum Gasteiger partial charge on any atom is 0.798 e. The Labute approximate surface area is 166 Å². The first-order valence-corrected chi connectivity index (χ1v) is 9.64. The molecule has 1 saturated heterocycles. The van der Waals surface area contributed by atoms with Crippen LogP contribution in [0.25, 0.3) is 10.9 Å². The van der Waals surface area contributed by atoms with Gasteiger partial charge in [-0.25, -0.2) is 13.4 Å². The number of rotatable bonds is 6. The minimum atomic E-state index is -3.28. The fourth-order valence-corrected chi connectivity index (χ4v) is 4.03. The van der Waals surface area contributed by atoms with Crippen molar-refractivity contribution in [2.24, 2.45) is 11.7 Å². The summed E-state index contributed by atoms with van der Waals surface area (Å²) in [5, 5.41) is 0.246. The monoisotopic (exact) mass is 405 g/mol. The van der Waals surface area contributed by atoms with Crippen LogP contribution in [0.15, 0.2) is 23.1 Å². The third-order valence-electron chi connectivity index (χ3n) is 5.65. The number of halogens is 2. The van der Waals surface area contributed by atoms with Crippen LogP contribution in [0, 0.1) is 5.92 Å². The first-order chi connectivity index (χ1) is 13.9. The SMILES string of the molecule is COc1c(N2CCC(CN)C2)ccc2c(=O)c(C(=O)OB(F)F)cn(C3CC3)c12. The highest BCUT2D eigenvalue weighted by Gasteiger charge is 2.32. The highest BCUT2D eigenvalue weighted by molar-refractivity contribution is 6.38. The van der Waals surface area contributed by atoms with Crippen molar-refractivity contribution in [1.82, 2.24) is 4.57 Å². The molecule has 1 atom stereocenters. The Morgan fingerprint density at radius 3 is 2.66 bits per heavy atom. The van der Waals surface area contributed by atoms with Crippen LogP contribution in [-0.2, 0) is 4.65 Å². The maximum absolute atomic E-state index is 12.9. The lowest BCUT2D eigenvalue weighted by molar-refractivity contribution is 0.0693. The molecule has 1 aliphatic carbocycles. The molecule has 0 spiro atoms. The van der Waals surface area contributed by atoms with Crippen molar-refractivity contribution in [3.63, 3.8) is 0 Å². The van der Waals surface area contributed by atoms with Gasteiger partial charge in [0.15, 0.2) is 5.75 Å². The zero-order valence-corrected chi connectivity index (χ0v) is 16.1. The molecule has 2 N–H and O–H groups in total. The number of methoxy groups -OCH3 is 1. The Hall–Kier alpha value is -2.62. The van der Waals surface area contributed by atoms with Gasteiger partial charge in [-0.1, -0.05) is 0 Å². The van der Waals surface area contributed by atoms with E-state index in [-0.39, 0.29) is 11.4 Å². The molecule has 2 heterocycles. The number of nitrogens with two attached hydrogens (primary N) is 1. The number of benzene rings is 1. The number of nitrogens with zero attached hydrogens (tertiary/aromatic N) is 2. The molecule has 2 aromatic rings. The van der Waals surface area contributed by atoms with Crippen molar-refractivity contribution in [2.45, 2.75) is 25.3 Å².